The first-order chi connectivity index (χ1) is 10.1. The van der Waals surface area contributed by atoms with Gasteiger partial charge in [0.05, 0.1) is 5.56 Å². The fourth-order valence-corrected chi connectivity index (χ4v) is 2.11. The molecule has 0 aliphatic heterocycles. The van der Waals surface area contributed by atoms with Crippen LogP contribution in [0.15, 0.2) is 36.4 Å². The van der Waals surface area contributed by atoms with Crippen LogP contribution in [-0.4, -0.2) is 11.7 Å². The molecule has 108 valence electrons. The number of aliphatic hydroxyl groups excluding tert-OH is 1. The maximum Gasteiger partial charge on any atom is 0.138 e. The lowest BCUT2D eigenvalue weighted by atomic mass is 10.2. The number of hydrogen-bond acceptors (Lipinski definition) is 2. The minimum atomic E-state index is -0.429. The van der Waals surface area contributed by atoms with Crippen molar-refractivity contribution in [3.8, 4) is 17.6 Å². The molecule has 2 aromatic rings. The molecule has 2 aromatic carbocycles. The maximum absolute atomic E-state index is 13.3. The van der Waals surface area contributed by atoms with Gasteiger partial charge in [-0.25, -0.2) is 4.39 Å². The molecule has 0 fully saturated rings. The van der Waals surface area contributed by atoms with E-state index >= 15 is 0 Å². The summed E-state index contributed by atoms with van der Waals surface area (Å²) >= 11 is 11.9. The van der Waals surface area contributed by atoms with Gasteiger partial charge in [-0.2, -0.15) is 0 Å². The smallest absolute Gasteiger partial charge is 0.138 e. The van der Waals surface area contributed by atoms with E-state index in [2.05, 4.69) is 11.8 Å². The van der Waals surface area contributed by atoms with E-state index in [9.17, 15) is 4.39 Å². The maximum atomic E-state index is 13.3. The van der Waals surface area contributed by atoms with Crippen LogP contribution in [0.5, 0.6) is 5.75 Å². The first-order valence-corrected chi connectivity index (χ1v) is 6.82. The summed E-state index contributed by atoms with van der Waals surface area (Å²) in [6.07, 6.45) is 0. The molecule has 0 atom stereocenters. The molecule has 0 aliphatic rings. The van der Waals surface area contributed by atoms with Gasteiger partial charge in [0.25, 0.3) is 0 Å². The predicted octanol–water partition coefficient (Wildman–Crippen LogP) is 4.06. The van der Waals surface area contributed by atoms with Gasteiger partial charge in [-0.3, -0.25) is 0 Å². The highest BCUT2D eigenvalue weighted by atomic mass is 35.5. The van der Waals surface area contributed by atoms with Crippen LogP contribution in [0.25, 0.3) is 0 Å². The summed E-state index contributed by atoms with van der Waals surface area (Å²) in [7, 11) is 0. The Morgan fingerprint density at radius 1 is 1.14 bits per heavy atom. The van der Waals surface area contributed by atoms with Crippen molar-refractivity contribution >= 4 is 23.2 Å². The molecule has 0 heterocycles. The first kappa shape index (κ1) is 15.7. The topological polar surface area (TPSA) is 29.5 Å². The number of benzene rings is 2. The van der Waals surface area contributed by atoms with Crippen molar-refractivity contribution in [1.82, 2.24) is 0 Å². The zero-order valence-corrected chi connectivity index (χ0v) is 12.4. The molecule has 0 saturated heterocycles. The molecule has 0 aliphatic carbocycles. The Bertz CT molecular complexity index is 705. The van der Waals surface area contributed by atoms with Crippen LogP contribution in [-0.2, 0) is 6.61 Å². The van der Waals surface area contributed by atoms with Gasteiger partial charge in [0.2, 0.25) is 0 Å². The molecule has 21 heavy (non-hydrogen) atoms. The lowest BCUT2D eigenvalue weighted by molar-refractivity contribution is 0.304. The van der Waals surface area contributed by atoms with Crippen LogP contribution in [0.4, 0.5) is 4.39 Å². The average molecular weight is 325 g/mol. The monoisotopic (exact) mass is 324 g/mol. The summed E-state index contributed by atoms with van der Waals surface area (Å²) in [5.41, 5.74) is 1.22. The minimum absolute atomic E-state index is 0.160. The molecular weight excluding hydrogens is 314 g/mol. The van der Waals surface area contributed by atoms with Gasteiger partial charge in [-0.15, -0.1) is 0 Å². The van der Waals surface area contributed by atoms with Gasteiger partial charge in [-0.05, 0) is 24.3 Å². The van der Waals surface area contributed by atoms with Crippen LogP contribution in [0.3, 0.4) is 0 Å². The van der Waals surface area contributed by atoms with E-state index in [-0.39, 0.29) is 13.2 Å². The van der Waals surface area contributed by atoms with Gasteiger partial charge in [0.15, 0.2) is 0 Å². The second kappa shape index (κ2) is 7.33. The highest BCUT2D eigenvalue weighted by Crippen LogP contribution is 2.24. The molecule has 0 aromatic heterocycles. The molecule has 0 saturated carbocycles. The van der Waals surface area contributed by atoms with Gasteiger partial charge in [0.1, 0.15) is 24.8 Å². The molecule has 0 bridgehead atoms. The summed E-state index contributed by atoms with van der Waals surface area (Å²) < 4.78 is 18.9. The van der Waals surface area contributed by atoms with E-state index < -0.39 is 5.82 Å². The van der Waals surface area contributed by atoms with Crippen molar-refractivity contribution in [2.24, 2.45) is 0 Å². The lowest BCUT2D eigenvalue weighted by Crippen LogP contribution is -1.99. The molecule has 1 N–H and O–H groups in total. The Hall–Kier alpha value is -1.73. The summed E-state index contributed by atoms with van der Waals surface area (Å²) in [4.78, 5) is 0. The molecule has 2 nitrogen and oxygen atoms in total. The number of hydrogen-bond donors (Lipinski definition) is 1. The van der Waals surface area contributed by atoms with Crippen molar-refractivity contribution in [3.63, 3.8) is 0 Å². The summed E-state index contributed by atoms with van der Waals surface area (Å²) in [6.45, 7) is -0.118. The van der Waals surface area contributed by atoms with E-state index in [4.69, 9.17) is 33.0 Å². The van der Waals surface area contributed by atoms with Crippen molar-refractivity contribution in [1.29, 1.82) is 0 Å². The fourth-order valence-electron chi connectivity index (χ4n) is 1.65. The van der Waals surface area contributed by atoms with Gasteiger partial charge in [0, 0.05) is 21.7 Å². The minimum Gasteiger partial charge on any atom is -0.487 e. The number of rotatable bonds is 3. The molecule has 2 rings (SSSR count). The second-order valence-electron chi connectivity index (χ2n) is 4.12. The van der Waals surface area contributed by atoms with Crippen LogP contribution >= 0.6 is 23.2 Å². The summed E-state index contributed by atoms with van der Waals surface area (Å²) in [6, 6.07) is 9.07. The van der Waals surface area contributed by atoms with Gasteiger partial charge >= 0.3 is 0 Å². The van der Waals surface area contributed by atoms with E-state index in [0.29, 0.717) is 21.4 Å². The normalized spacial score (nSPS) is 9.90. The number of aliphatic hydroxyl groups is 1. The summed E-state index contributed by atoms with van der Waals surface area (Å²) in [5.74, 6) is 5.07. The van der Waals surface area contributed by atoms with Crippen molar-refractivity contribution in [2.45, 2.75) is 6.61 Å². The van der Waals surface area contributed by atoms with Crippen LogP contribution in [0, 0.1) is 17.7 Å². The van der Waals surface area contributed by atoms with Crippen molar-refractivity contribution < 1.29 is 14.2 Å². The Morgan fingerprint density at radius 2 is 1.95 bits per heavy atom. The standard InChI is InChI=1S/C16H11Cl2FO2/c17-13-5-3-12(15(18)8-13)10-21-16-9-14(19)6-4-11(16)2-1-7-20/h3-6,8-9,20H,7,10H2. The third kappa shape index (κ3) is 4.37. The van der Waals surface area contributed by atoms with Gasteiger partial charge < -0.3 is 9.84 Å². The Morgan fingerprint density at radius 3 is 2.67 bits per heavy atom. The molecule has 0 spiro atoms. The quantitative estimate of drug-likeness (QED) is 0.863. The van der Waals surface area contributed by atoms with E-state index in [1.165, 1.54) is 18.2 Å². The third-order valence-corrected chi connectivity index (χ3v) is 3.23. The molecule has 0 radical (unpaired) electrons. The fraction of sp³-hybridized carbons (Fsp3) is 0.125. The lowest BCUT2D eigenvalue weighted by Gasteiger charge is -2.10. The zero-order valence-electron chi connectivity index (χ0n) is 10.9. The average Bonchev–Trinajstić information content (AvgIpc) is 2.45. The first-order valence-electron chi connectivity index (χ1n) is 6.06. The molecular formula is C16H11Cl2FO2. The predicted molar refractivity (Wildman–Crippen MR) is 81.2 cm³/mol. The van der Waals surface area contributed by atoms with Crippen LogP contribution < -0.4 is 4.74 Å². The molecule has 5 heteroatoms. The van der Waals surface area contributed by atoms with Gasteiger partial charge in [-0.1, -0.05) is 41.1 Å². The van der Waals surface area contributed by atoms with E-state index in [1.54, 1.807) is 18.2 Å². The summed E-state index contributed by atoms with van der Waals surface area (Å²) in [5, 5.41) is 9.73. The van der Waals surface area contributed by atoms with Crippen LogP contribution in [0.2, 0.25) is 10.0 Å². The second-order valence-corrected chi connectivity index (χ2v) is 4.97. The Balaban J connectivity index is 2.20. The molecule has 0 unspecified atom stereocenters. The third-order valence-electron chi connectivity index (χ3n) is 2.64. The molecule has 0 amide bonds. The SMILES string of the molecule is OCC#Cc1ccc(F)cc1OCc1ccc(Cl)cc1Cl. The Kier molecular flexibility index (Phi) is 5.46. The van der Waals surface area contributed by atoms with E-state index in [1.807, 2.05) is 0 Å². The highest BCUT2D eigenvalue weighted by molar-refractivity contribution is 6.35. The zero-order chi connectivity index (χ0) is 15.2. The van der Waals surface area contributed by atoms with Crippen molar-refractivity contribution in [2.75, 3.05) is 6.61 Å². The van der Waals surface area contributed by atoms with E-state index in [0.717, 1.165) is 5.56 Å². The number of halogens is 3. The Labute approximate surface area is 132 Å². The highest BCUT2D eigenvalue weighted by Gasteiger charge is 2.06. The number of ether oxygens (including phenoxy) is 1. The van der Waals surface area contributed by atoms with Crippen LogP contribution in [0.1, 0.15) is 11.1 Å². The largest absolute Gasteiger partial charge is 0.487 e. The van der Waals surface area contributed by atoms with Crippen molar-refractivity contribution in [3.05, 3.63) is 63.4 Å².